The lowest BCUT2D eigenvalue weighted by Gasteiger charge is -2.27. The summed E-state index contributed by atoms with van der Waals surface area (Å²) in [6, 6.07) is 5.58. The molecule has 1 atom stereocenters. The minimum absolute atomic E-state index is 0.143. The van der Waals surface area contributed by atoms with Gasteiger partial charge in [0, 0.05) is 6.04 Å². The third kappa shape index (κ3) is 6.20. The van der Waals surface area contributed by atoms with Gasteiger partial charge in [-0.15, -0.1) is 0 Å². The Balaban J connectivity index is 2.75. The fraction of sp³-hybridized carbons (Fsp3) is 0.647. The van der Waals surface area contributed by atoms with Crippen LogP contribution in [-0.4, -0.2) is 12.6 Å². The molecule has 0 fully saturated rings. The standard InChI is InChI=1S/C17H28FN/c1-6-9-19-16(12-17(3,4)5)11-14-7-8-15(18)10-13(14)2/h7-8,10,16,19H,6,9,11-12H2,1-5H3. The Morgan fingerprint density at radius 1 is 1.26 bits per heavy atom. The van der Waals surface area contributed by atoms with Crippen LogP contribution in [0.3, 0.4) is 0 Å². The molecule has 0 aliphatic carbocycles. The molecule has 0 aromatic heterocycles. The van der Waals surface area contributed by atoms with E-state index >= 15 is 0 Å². The number of benzene rings is 1. The smallest absolute Gasteiger partial charge is 0.123 e. The Hall–Kier alpha value is -0.890. The lowest BCUT2D eigenvalue weighted by atomic mass is 9.85. The summed E-state index contributed by atoms with van der Waals surface area (Å²) in [5, 5.41) is 3.62. The molecule has 1 unspecified atom stereocenters. The zero-order valence-electron chi connectivity index (χ0n) is 13.0. The van der Waals surface area contributed by atoms with Crippen LogP contribution in [0.4, 0.5) is 4.39 Å². The lowest BCUT2D eigenvalue weighted by Crippen LogP contribution is -2.35. The van der Waals surface area contributed by atoms with Gasteiger partial charge in [-0.25, -0.2) is 4.39 Å². The average Bonchev–Trinajstić information content (AvgIpc) is 2.27. The molecule has 0 saturated carbocycles. The third-order valence-electron chi connectivity index (χ3n) is 3.31. The largest absolute Gasteiger partial charge is 0.314 e. The van der Waals surface area contributed by atoms with E-state index in [1.54, 1.807) is 12.1 Å². The summed E-state index contributed by atoms with van der Waals surface area (Å²) in [4.78, 5) is 0. The van der Waals surface area contributed by atoms with Gasteiger partial charge in [-0.3, -0.25) is 0 Å². The Kier molecular flexibility index (Phi) is 5.99. The molecule has 2 heteroatoms. The van der Waals surface area contributed by atoms with Crippen LogP contribution in [0.5, 0.6) is 0 Å². The van der Waals surface area contributed by atoms with Gasteiger partial charge >= 0.3 is 0 Å². The van der Waals surface area contributed by atoms with E-state index in [1.807, 2.05) is 13.0 Å². The monoisotopic (exact) mass is 265 g/mol. The summed E-state index contributed by atoms with van der Waals surface area (Å²) in [7, 11) is 0. The summed E-state index contributed by atoms with van der Waals surface area (Å²) in [5.74, 6) is -0.143. The summed E-state index contributed by atoms with van der Waals surface area (Å²) in [5.41, 5.74) is 2.61. The molecule has 0 spiro atoms. The van der Waals surface area contributed by atoms with Gasteiger partial charge in [-0.1, -0.05) is 33.8 Å². The molecule has 1 rings (SSSR count). The number of hydrogen-bond acceptors (Lipinski definition) is 1. The van der Waals surface area contributed by atoms with Crippen molar-refractivity contribution in [3.05, 3.63) is 35.1 Å². The van der Waals surface area contributed by atoms with E-state index in [1.165, 1.54) is 5.56 Å². The maximum Gasteiger partial charge on any atom is 0.123 e. The minimum Gasteiger partial charge on any atom is -0.314 e. The summed E-state index contributed by atoms with van der Waals surface area (Å²) in [6.07, 6.45) is 3.25. The second-order valence-corrected chi connectivity index (χ2v) is 6.69. The first kappa shape index (κ1) is 16.2. The van der Waals surface area contributed by atoms with Crippen LogP contribution in [0.1, 0.15) is 51.7 Å². The molecule has 108 valence electrons. The first-order chi connectivity index (χ1) is 8.81. The number of aryl methyl sites for hydroxylation is 1. The Bertz CT molecular complexity index is 393. The van der Waals surface area contributed by atoms with E-state index < -0.39 is 0 Å². The van der Waals surface area contributed by atoms with Crippen molar-refractivity contribution in [1.82, 2.24) is 5.32 Å². The van der Waals surface area contributed by atoms with Gasteiger partial charge < -0.3 is 5.32 Å². The second-order valence-electron chi connectivity index (χ2n) is 6.69. The molecular weight excluding hydrogens is 237 g/mol. The Morgan fingerprint density at radius 2 is 1.95 bits per heavy atom. The molecule has 1 nitrogen and oxygen atoms in total. The molecule has 0 aliphatic heterocycles. The van der Waals surface area contributed by atoms with Crippen molar-refractivity contribution >= 4 is 0 Å². The van der Waals surface area contributed by atoms with E-state index in [0.29, 0.717) is 11.5 Å². The van der Waals surface area contributed by atoms with Crippen molar-refractivity contribution in [2.45, 2.75) is 59.9 Å². The summed E-state index contributed by atoms with van der Waals surface area (Å²) < 4.78 is 13.1. The van der Waals surface area contributed by atoms with Crippen molar-refractivity contribution in [2.24, 2.45) is 5.41 Å². The van der Waals surface area contributed by atoms with Gasteiger partial charge in [0.25, 0.3) is 0 Å². The van der Waals surface area contributed by atoms with Crippen molar-refractivity contribution in [3.63, 3.8) is 0 Å². The second kappa shape index (κ2) is 7.04. The van der Waals surface area contributed by atoms with E-state index in [2.05, 4.69) is 33.0 Å². The summed E-state index contributed by atoms with van der Waals surface area (Å²) in [6.45, 7) is 12.0. The number of halogens is 1. The third-order valence-corrected chi connectivity index (χ3v) is 3.31. The zero-order valence-corrected chi connectivity index (χ0v) is 13.0. The molecule has 0 radical (unpaired) electrons. The van der Waals surface area contributed by atoms with Gasteiger partial charge in [0.05, 0.1) is 0 Å². The quantitative estimate of drug-likeness (QED) is 0.799. The fourth-order valence-corrected chi connectivity index (χ4v) is 2.46. The van der Waals surface area contributed by atoms with E-state index in [9.17, 15) is 4.39 Å². The van der Waals surface area contributed by atoms with Crippen LogP contribution in [0.25, 0.3) is 0 Å². The fourth-order valence-electron chi connectivity index (χ4n) is 2.46. The predicted molar refractivity (Wildman–Crippen MR) is 81.0 cm³/mol. The maximum atomic E-state index is 13.1. The van der Waals surface area contributed by atoms with Crippen LogP contribution in [0, 0.1) is 18.2 Å². The molecule has 0 bridgehead atoms. The molecule has 0 heterocycles. The number of nitrogens with one attached hydrogen (secondary N) is 1. The van der Waals surface area contributed by atoms with Crippen LogP contribution in [-0.2, 0) is 6.42 Å². The minimum atomic E-state index is -0.143. The molecule has 1 aromatic carbocycles. The zero-order chi connectivity index (χ0) is 14.5. The van der Waals surface area contributed by atoms with Gasteiger partial charge in [0.1, 0.15) is 5.82 Å². The maximum absolute atomic E-state index is 13.1. The normalized spacial score (nSPS) is 13.6. The average molecular weight is 265 g/mol. The molecule has 0 aliphatic rings. The van der Waals surface area contributed by atoms with Crippen molar-refractivity contribution in [1.29, 1.82) is 0 Å². The molecule has 19 heavy (non-hydrogen) atoms. The Labute approximate surface area is 117 Å². The first-order valence-corrected chi connectivity index (χ1v) is 7.30. The van der Waals surface area contributed by atoms with Crippen LogP contribution < -0.4 is 5.32 Å². The topological polar surface area (TPSA) is 12.0 Å². The first-order valence-electron chi connectivity index (χ1n) is 7.30. The van der Waals surface area contributed by atoms with Crippen LogP contribution in [0.15, 0.2) is 18.2 Å². The van der Waals surface area contributed by atoms with Gasteiger partial charge in [0.2, 0.25) is 0 Å². The molecule has 0 saturated heterocycles. The molecular formula is C17H28FN. The van der Waals surface area contributed by atoms with E-state index in [4.69, 9.17) is 0 Å². The molecule has 1 aromatic rings. The SMILES string of the molecule is CCCNC(Cc1ccc(F)cc1C)CC(C)(C)C. The highest BCUT2D eigenvalue weighted by atomic mass is 19.1. The number of hydrogen-bond donors (Lipinski definition) is 1. The molecule has 0 amide bonds. The highest BCUT2D eigenvalue weighted by molar-refractivity contribution is 5.27. The Morgan fingerprint density at radius 3 is 2.47 bits per heavy atom. The van der Waals surface area contributed by atoms with Crippen LogP contribution in [0.2, 0.25) is 0 Å². The highest BCUT2D eigenvalue weighted by Crippen LogP contribution is 2.23. The van der Waals surface area contributed by atoms with Crippen molar-refractivity contribution in [2.75, 3.05) is 6.54 Å². The van der Waals surface area contributed by atoms with Gasteiger partial charge in [0.15, 0.2) is 0 Å². The lowest BCUT2D eigenvalue weighted by molar-refractivity contribution is 0.306. The molecule has 1 N–H and O–H groups in total. The summed E-state index contributed by atoms with van der Waals surface area (Å²) >= 11 is 0. The van der Waals surface area contributed by atoms with Crippen LogP contribution >= 0.6 is 0 Å². The van der Waals surface area contributed by atoms with E-state index in [-0.39, 0.29) is 5.82 Å². The van der Waals surface area contributed by atoms with Crippen molar-refractivity contribution in [3.8, 4) is 0 Å². The number of rotatable bonds is 6. The van der Waals surface area contributed by atoms with Gasteiger partial charge in [-0.05, 0) is 61.4 Å². The van der Waals surface area contributed by atoms with Gasteiger partial charge in [-0.2, -0.15) is 0 Å². The predicted octanol–water partition coefficient (Wildman–Crippen LogP) is 4.48. The van der Waals surface area contributed by atoms with E-state index in [0.717, 1.165) is 31.4 Å². The highest BCUT2D eigenvalue weighted by Gasteiger charge is 2.19. The van der Waals surface area contributed by atoms with Crippen molar-refractivity contribution < 1.29 is 4.39 Å².